The van der Waals surface area contributed by atoms with E-state index in [2.05, 4.69) is 4.98 Å². The number of alkyl halides is 3. The smallest absolute Gasteiger partial charge is 0.264 e. The van der Waals surface area contributed by atoms with Gasteiger partial charge in [-0.05, 0) is 23.3 Å². The summed E-state index contributed by atoms with van der Waals surface area (Å²) in [6.07, 6.45) is -1.57. The first-order chi connectivity index (χ1) is 9.04. The Morgan fingerprint density at radius 3 is 2.53 bits per heavy atom. The van der Waals surface area contributed by atoms with Crippen LogP contribution in [0, 0.1) is 11.3 Å². The first-order valence-electron chi connectivity index (χ1n) is 5.50. The molecule has 1 aromatic carbocycles. The Morgan fingerprint density at radius 2 is 1.84 bits per heavy atom. The highest BCUT2D eigenvalue weighted by Gasteiger charge is 2.33. The molecule has 2 rings (SSSR count). The average molecular weight is 262 g/mol. The molecule has 0 amide bonds. The molecule has 2 nitrogen and oxygen atoms in total. The summed E-state index contributed by atoms with van der Waals surface area (Å²) < 4.78 is 38.9. The van der Waals surface area contributed by atoms with Crippen LogP contribution in [0.3, 0.4) is 0 Å². The van der Waals surface area contributed by atoms with Crippen LogP contribution < -0.4 is 0 Å². The van der Waals surface area contributed by atoms with E-state index < -0.39 is 11.7 Å². The number of pyridine rings is 1. The summed E-state index contributed by atoms with van der Waals surface area (Å²) >= 11 is 0. The minimum absolute atomic E-state index is 0.0457. The van der Waals surface area contributed by atoms with Crippen LogP contribution in [0.25, 0.3) is 11.1 Å². The first kappa shape index (κ1) is 13.1. The maximum Gasteiger partial charge on any atom is 0.417 e. The molecule has 0 saturated carbocycles. The lowest BCUT2D eigenvalue weighted by molar-refractivity contribution is -0.137. The van der Waals surface area contributed by atoms with E-state index in [1.807, 2.05) is 6.07 Å². The Kier molecular flexibility index (Phi) is 3.52. The topological polar surface area (TPSA) is 36.7 Å². The van der Waals surface area contributed by atoms with Crippen LogP contribution in [0.2, 0.25) is 0 Å². The van der Waals surface area contributed by atoms with Gasteiger partial charge < -0.3 is 0 Å². The molecule has 5 heteroatoms. The van der Waals surface area contributed by atoms with Crippen molar-refractivity contribution in [2.75, 3.05) is 0 Å². The van der Waals surface area contributed by atoms with Gasteiger partial charge in [0, 0.05) is 18.0 Å². The van der Waals surface area contributed by atoms with Crippen molar-refractivity contribution in [3.63, 3.8) is 0 Å². The normalized spacial score (nSPS) is 11.1. The van der Waals surface area contributed by atoms with Crippen molar-refractivity contribution in [3.8, 4) is 17.2 Å². The molecule has 0 radical (unpaired) electrons. The molecule has 0 bridgehead atoms. The molecule has 1 heterocycles. The summed E-state index contributed by atoms with van der Waals surface area (Å²) in [6.45, 7) is 0. The SMILES string of the molecule is N#CCc1ccncc1-c1ccccc1C(F)(F)F. The number of halogens is 3. The number of nitriles is 1. The predicted octanol–water partition coefficient (Wildman–Crippen LogP) is 3.83. The molecule has 1 aromatic heterocycles. The Labute approximate surface area is 108 Å². The number of hydrogen-bond acceptors (Lipinski definition) is 2. The Bertz CT molecular complexity index is 627. The molecule has 0 spiro atoms. The molecule has 0 aliphatic carbocycles. The van der Waals surface area contributed by atoms with E-state index in [-0.39, 0.29) is 12.0 Å². The molecule has 0 fully saturated rings. The Balaban J connectivity index is 2.64. The minimum Gasteiger partial charge on any atom is -0.264 e. The first-order valence-corrected chi connectivity index (χ1v) is 5.50. The minimum atomic E-state index is -4.43. The van der Waals surface area contributed by atoms with Crippen LogP contribution >= 0.6 is 0 Å². The van der Waals surface area contributed by atoms with Gasteiger partial charge in [0.25, 0.3) is 0 Å². The van der Waals surface area contributed by atoms with E-state index in [1.54, 1.807) is 6.07 Å². The second kappa shape index (κ2) is 5.11. The van der Waals surface area contributed by atoms with Gasteiger partial charge in [-0.15, -0.1) is 0 Å². The third-order valence-corrected chi connectivity index (χ3v) is 2.70. The number of hydrogen-bond donors (Lipinski definition) is 0. The summed E-state index contributed by atoms with van der Waals surface area (Å²) in [7, 11) is 0. The van der Waals surface area contributed by atoms with E-state index >= 15 is 0 Å². The number of nitrogens with zero attached hydrogens (tertiary/aromatic N) is 2. The maximum absolute atomic E-state index is 13.0. The van der Waals surface area contributed by atoms with Gasteiger partial charge in [0.15, 0.2) is 0 Å². The van der Waals surface area contributed by atoms with Crippen molar-refractivity contribution in [1.82, 2.24) is 4.98 Å². The third-order valence-electron chi connectivity index (χ3n) is 2.70. The number of rotatable bonds is 2. The predicted molar refractivity (Wildman–Crippen MR) is 64.0 cm³/mol. The van der Waals surface area contributed by atoms with Crippen molar-refractivity contribution in [1.29, 1.82) is 5.26 Å². The van der Waals surface area contributed by atoms with Gasteiger partial charge in [-0.3, -0.25) is 4.98 Å². The van der Waals surface area contributed by atoms with Gasteiger partial charge in [-0.1, -0.05) is 18.2 Å². The average Bonchev–Trinajstić information content (AvgIpc) is 2.39. The van der Waals surface area contributed by atoms with Crippen molar-refractivity contribution in [3.05, 3.63) is 53.9 Å². The molecule has 2 aromatic rings. The molecule has 0 atom stereocenters. The number of benzene rings is 1. The highest BCUT2D eigenvalue weighted by atomic mass is 19.4. The lowest BCUT2D eigenvalue weighted by Crippen LogP contribution is -2.07. The Hall–Kier alpha value is -2.35. The molecular formula is C14H9F3N2. The monoisotopic (exact) mass is 262 g/mol. The van der Waals surface area contributed by atoms with Gasteiger partial charge in [0.05, 0.1) is 18.1 Å². The van der Waals surface area contributed by atoms with Gasteiger partial charge in [0.2, 0.25) is 0 Å². The molecule has 0 aliphatic heterocycles. The number of aromatic nitrogens is 1. The summed E-state index contributed by atoms with van der Waals surface area (Å²) in [4.78, 5) is 3.85. The molecular weight excluding hydrogens is 253 g/mol. The lowest BCUT2D eigenvalue weighted by atomic mass is 9.96. The second-order valence-corrected chi connectivity index (χ2v) is 3.91. The van der Waals surface area contributed by atoms with Crippen molar-refractivity contribution < 1.29 is 13.2 Å². The van der Waals surface area contributed by atoms with Crippen molar-refractivity contribution in [2.45, 2.75) is 12.6 Å². The molecule has 0 N–H and O–H groups in total. The van der Waals surface area contributed by atoms with E-state index in [9.17, 15) is 13.2 Å². The molecule has 96 valence electrons. The lowest BCUT2D eigenvalue weighted by Gasteiger charge is -2.14. The highest BCUT2D eigenvalue weighted by Crippen LogP contribution is 2.37. The van der Waals surface area contributed by atoms with E-state index in [0.717, 1.165) is 6.07 Å². The summed E-state index contributed by atoms with van der Waals surface area (Å²) in [6, 6.07) is 8.80. The van der Waals surface area contributed by atoms with Crippen LogP contribution in [-0.4, -0.2) is 4.98 Å². The molecule has 0 unspecified atom stereocenters. The Morgan fingerprint density at radius 1 is 1.11 bits per heavy atom. The fraction of sp³-hybridized carbons (Fsp3) is 0.143. The molecule has 0 saturated heterocycles. The summed E-state index contributed by atoms with van der Waals surface area (Å²) in [5, 5.41) is 8.73. The second-order valence-electron chi connectivity index (χ2n) is 3.91. The van der Waals surface area contributed by atoms with Crippen LogP contribution in [0.4, 0.5) is 13.2 Å². The fourth-order valence-corrected chi connectivity index (χ4v) is 1.87. The van der Waals surface area contributed by atoms with E-state index in [4.69, 9.17) is 5.26 Å². The molecule has 19 heavy (non-hydrogen) atoms. The zero-order valence-electron chi connectivity index (χ0n) is 9.78. The van der Waals surface area contributed by atoms with Gasteiger partial charge >= 0.3 is 6.18 Å². The van der Waals surface area contributed by atoms with Crippen LogP contribution in [0.1, 0.15) is 11.1 Å². The fourth-order valence-electron chi connectivity index (χ4n) is 1.87. The molecule has 0 aliphatic rings. The van der Waals surface area contributed by atoms with E-state index in [0.29, 0.717) is 11.1 Å². The van der Waals surface area contributed by atoms with Crippen LogP contribution in [-0.2, 0) is 12.6 Å². The van der Waals surface area contributed by atoms with Crippen molar-refractivity contribution >= 4 is 0 Å². The zero-order valence-corrected chi connectivity index (χ0v) is 9.78. The quantitative estimate of drug-likeness (QED) is 0.824. The standard InChI is InChI=1S/C14H9F3N2/c15-14(16,17)13-4-2-1-3-11(13)12-9-19-8-6-10(12)5-7-18/h1-4,6,8-9H,5H2. The van der Waals surface area contributed by atoms with Gasteiger partial charge in [-0.25, -0.2) is 0 Å². The van der Waals surface area contributed by atoms with E-state index in [1.165, 1.54) is 30.6 Å². The largest absolute Gasteiger partial charge is 0.417 e. The van der Waals surface area contributed by atoms with Crippen molar-refractivity contribution in [2.24, 2.45) is 0 Å². The third kappa shape index (κ3) is 2.74. The summed E-state index contributed by atoms with van der Waals surface area (Å²) in [5.41, 5.74) is 0.210. The van der Waals surface area contributed by atoms with Gasteiger partial charge in [0.1, 0.15) is 0 Å². The van der Waals surface area contributed by atoms with Gasteiger partial charge in [-0.2, -0.15) is 18.4 Å². The maximum atomic E-state index is 13.0. The zero-order chi connectivity index (χ0) is 13.9. The summed E-state index contributed by atoms with van der Waals surface area (Å²) in [5.74, 6) is 0. The van der Waals surface area contributed by atoms with Crippen LogP contribution in [0.15, 0.2) is 42.7 Å². The highest BCUT2D eigenvalue weighted by molar-refractivity contribution is 5.70. The van der Waals surface area contributed by atoms with Crippen LogP contribution in [0.5, 0.6) is 0 Å².